The van der Waals surface area contributed by atoms with E-state index in [9.17, 15) is 37.5 Å². The highest BCUT2D eigenvalue weighted by Crippen LogP contribution is 2.29. The van der Waals surface area contributed by atoms with Gasteiger partial charge in [-0.25, -0.2) is 23.2 Å². The number of Topliss-reactive ketones (excluding diaryl/α,β-unsaturated/α-hetero) is 3. The molecule has 0 aliphatic heterocycles. The largest absolute Gasteiger partial charge is 0.460 e. The van der Waals surface area contributed by atoms with E-state index >= 15 is 0 Å². The van der Waals surface area contributed by atoms with Crippen LogP contribution in [0.3, 0.4) is 0 Å². The Hall–Kier alpha value is -4.80. The van der Waals surface area contributed by atoms with E-state index in [1.54, 1.807) is 51.1 Å². The van der Waals surface area contributed by atoms with Crippen LogP contribution in [0, 0.1) is 17.6 Å². The molecule has 0 amide bonds. The van der Waals surface area contributed by atoms with Crippen molar-refractivity contribution >= 4 is 47.4 Å². The predicted octanol–water partition coefficient (Wildman–Crippen LogP) is 5.40. The average Bonchev–Trinajstić information content (AvgIpc) is 3.60. The molecule has 2 aliphatic carbocycles. The molecule has 0 radical (unpaired) electrons. The summed E-state index contributed by atoms with van der Waals surface area (Å²) in [6, 6.07) is 11.9. The molecule has 9 nitrogen and oxygen atoms in total. The average molecular weight is 627 g/mol. The summed E-state index contributed by atoms with van der Waals surface area (Å²) in [6.45, 7) is 5.33. The lowest BCUT2D eigenvalue weighted by Gasteiger charge is -2.05. The molecule has 2 aliphatic rings. The number of allylic oxidation sites excluding steroid dienone is 2. The number of hydrogen-bond acceptors (Lipinski definition) is 9. The van der Waals surface area contributed by atoms with Gasteiger partial charge in [0.2, 0.25) is 0 Å². The fourth-order valence-corrected chi connectivity index (χ4v) is 4.31. The van der Waals surface area contributed by atoms with E-state index in [-0.39, 0.29) is 43.0 Å². The van der Waals surface area contributed by atoms with Crippen LogP contribution in [-0.2, 0) is 43.0 Å². The SMILES string of the molecule is CCOC(=O)C(=O)C1CC/C(=C\c2ccc(F)cc2)C1=O.CCOC(=O)C(=O)OCC.O=C1CCC/C1=C\c1ccc(F)cc1. The lowest BCUT2D eigenvalue weighted by atomic mass is 10.0. The normalized spacial score (nSPS) is 17.1. The maximum atomic E-state index is 12.8. The summed E-state index contributed by atoms with van der Waals surface area (Å²) in [5.74, 6) is -5.27. The summed E-state index contributed by atoms with van der Waals surface area (Å²) in [6.07, 6.45) is 6.68. The van der Waals surface area contributed by atoms with Crippen molar-refractivity contribution in [1.29, 1.82) is 0 Å². The third-order valence-corrected chi connectivity index (χ3v) is 6.48. The first kappa shape index (κ1) is 36.4. The predicted molar refractivity (Wildman–Crippen MR) is 160 cm³/mol. The third-order valence-electron chi connectivity index (χ3n) is 6.48. The van der Waals surface area contributed by atoms with Crippen LogP contribution in [0.1, 0.15) is 64.0 Å². The maximum absolute atomic E-state index is 12.8. The zero-order valence-corrected chi connectivity index (χ0v) is 25.4. The molecule has 0 aromatic heterocycles. The van der Waals surface area contributed by atoms with Crippen molar-refractivity contribution in [1.82, 2.24) is 0 Å². The minimum Gasteiger partial charge on any atom is -0.460 e. The second kappa shape index (κ2) is 18.8. The van der Waals surface area contributed by atoms with Crippen molar-refractivity contribution < 1.29 is 51.8 Å². The zero-order valence-electron chi connectivity index (χ0n) is 25.4. The molecule has 2 aromatic rings. The van der Waals surface area contributed by atoms with Crippen molar-refractivity contribution in [2.45, 2.75) is 52.9 Å². The van der Waals surface area contributed by atoms with Crippen molar-refractivity contribution in [2.24, 2.45) is 5.92 Å². The Bertz CT molecular complexity index is 1410. The highest BCUT2D eigenvalue weighted by molar-refractivity contribution is 6.40. The minimum atomic E-state index is -0.959. The Morgan fingerprint density at radius 1 is 0.667 bits per heavy atom. The number of ketones is 3. The first-order chi connectivity index (χ1) is 21.5. The minimum absolute atomic E-state index is 0.101. The van der Waals surface area contributed by atoms with Crippen LogP contribution in [0.2, 0.25) is 0 Å². The van der Waals surface area contributed by atoms with Crippen molar-refractivity contribution in [3.63, 3.8) is 0 Å². The van der Waals surface area contributed by atoms with Crippen LogP contribution in [0.15, 0.2) is 59.7 Å². The van der Waals surface area contributed by atoms with Crippen molar-refractivity contribution in [3.8, 4) is 0 Å². The van der Waals surface area contributed by atoms with E-state index in [4.69, 9.17) is 0 Å². The monoisotopic (exact) mass is 626 g/mol. The van der Waals surface area contributed by atoms with Crippen LogP contribution in [0.4, 0.5) is 8.78 Å². The van der Waals surface area contributed by atoms with Gasteiger partial charge in [0.15, 0.2) is 11.6 Å². The maximum Gasteiger partial charge on any atom is 0.417 e. The molecule has 0 N–H and O–H groups in total. The fourth-order valence-electron chi connectivity index (χ4n) is 4.31. The van der Waals surface area contributed by atoms with Gasteiger partial charge in [-0.3, -0.25) is 14.4 Å². The summed E-state index contributed by atoms with van der Waals surface area (Å²) in [7, 11) is 0. The molecular weight excluding hydrogens is 590 g/mol. The molecule has 1 unspecified atom stereocenters. The highest BCUT2D eigenvalue weighted by atomic mass is 19.1. The number of ether oxygens (including phenoxy) is 3. The lowest BCUT2D eigenvalue weighted by Crippen LogP contribution is -2.28. The Morgan fingerprint density at radius 2 is 1.11 bits per heavy atom. The summed E-state index contributed by atoms with van der Waals surface area (Å²) in [5, 5.41) is 0. The molecule has 0 bridgehead atoms. The van der Waals surface area contributed by atoms with E-state index in [0.29, 0.717) is 30.4 Å². The number of carbonyl (C=O) groups is 6. The smallest absolute Gasteiger partial charge is 0.417 e. The molecular formula is C34H36F2O9. The summed E-state index contributed by atoms with van der Waals surface area (Å²) in [4.78, 5) is 67.5. The molecule has 240 valence electrons. The van der Waals surface area contributed by atoms with Gasteiger partial charge < -0.3 is 14.2 Å². The number of halogens is 2. The first-order valence-corrected chi connectivity index (χ1v) is 14.5. The zero-order chi connectivity index (χ0) is 33.4. The molecule has 0 heterocycles. The highest BCUT2D eigenvalue weighted by Gasteiger charge is 2.38. The molecule has 45 heavy (non-hydrogen) atoms. The summed E-state index contributed by atoms with van der Waals surface area (Å²) >= 11 is 0. The van der Waals surface area contributed by atoms with Crippen LogP contribution >= 0.6 is 0 Å². The number of esters is 3. The van der Waals surface area contributed by atoms with Crippen LogP contribution < -0.4 is 0 Å². The summed E-state index contributed by atoms with van der Waals surface area (Å²) < 4.78 is 38.7. The van der Waals surface area contributed by atoms with Gasteiger partial charge in [-0.1, -0.05) is 24.3 Å². The standard InChI is InChI=1S/C16H15FO4.C12H11FO.C6H10O4/c1-2-21-16(20)15(19)13-8-5-11(14(13)18)9-10-3-6-12(17)7-4-10;13-11-6-4-9(5-7-11)8-10-2-1-3-12(10)14;1-3-9-5(7)6(8)10-4-2/h3-4,6-7,9,13H,2,5,8H2,1H3;4-8H,1-3H2;3-4H2,1-2H3/b11-9+;10-8+;. The second-order valence-corrected chi connectivity index (χ2v) is 9.70. The number of hydrogen-bond donors (Lipinski definition) is 0. The second-order valence-electron chi connectivity index (χ2n) is 9.70. The van der Waals surface area contributed by atoms with Gasteiger partial charge in [0.05, 0.1) is 25.7 Å². The van der Waals surface area contributed by atoms with E-state index in [0.717, 1.165) is 24.0 Å². The number of carbonyl (C=O) groups excluding carboxylic acids is 6. The van der Waals surface area contributed by atoms with E-state index in [2.05, 4.69) is 14.2 Å². The number of benzene rings is 2. The van der Waals surface area contributed by atoms with Gasteiger partial charge in [0.1, 0.15) is 11.6 Å². The van der Waals surface area contributed by atoms with Gasteiger partial charge in [0, 0.05) is 6.42 Å². The molecule has 0 saturated heterocycles. The quantitative estimate of drug-likeness (QED) is 0.130. The van der Waals surface area contributed by atoms with E-state index in [1.807, 2.05) is 6.08 Å². The van der Waals surface area contributed by atoms with Crippen LogP contribution in [-0.4, -0.2) is 55.1 Å². The molecule has 2 saturated carbocycles. The van der Waals surface area contributed by atoms with Gasteiger partial charge in [-0.05, 0) is 105 Å². The molecule has 4 rings (SSSR count). The molecule has 11 heteroatoms. The van der Waals surface area contributed by atoms with Crippen molar-refractivity contribution in [3.05, 3.63) is 82.4 Å². The van der Waals surface area contributed by atoms with Gasteiger partial charge in [0.25, 0.3) is 5.78 Å². The third kappa shape index (κ3) is 12.0. The Balaban J connectivity index is 0.000000254. The molecule has 0 spiro atoms. The van der Waals surface area contributed by atoms with Gasteiger partial charge in [-0.15, -0.1) is 0 Å². The lowest BCUT2D eigenvalue weighted by molar-refractivity contribution is -0.167. The topological polar surface area (TPSA) is 130 Å². The number of rotatable bonds is 7. The molecule has 2 fully saturated rings. The van der Waals surface area contributed by atoms with Crippen molar-refractivity contribution in [2.75, 3.05) is 19.8 Å². The molecule has 1 atom stereocenters. The van der Waals surface area contributed by atoms with Crippen LogP contribution in [0.5, 0.6) is 0 Å². The first-order valence-electron chi connectivity index (χ1n) is 14.5. The summed E-state index contributed by atoms with van der Waals surface area (Å²) in [5.41, 5.74) is 2.93. The fraction of sp³-hybridized carbons (Fsp3) is 0.353. The Kier molecular flexibility index (Phi) is 15.2. The van der Waals surface area contributed by atoms with Crippen LogP contribution in [0.25, 0.3) is 12.2 Å². The Morgan fingerprint density at radius 3 is 1.53 bits per heavy atom. The Labute approximate surface area is 260 Å². The van der Waals surface area contributed by atoms with E-state index in [1.165, 1.54) is 24.3 Å². The molecule has 2 aromatic carbocycles. The van der Waals surface area contributed by atoms with Gasteiger partial charge >= 0.3 is 17.9 Å². The van der Waals surface area contributed by atoms with Gasteiger partial charge in [-0.2, -0.15) is 0 Å². The van der Waals surface area contributed by atoms with E-state index < -0.39 is 29.6 Å².